The van der Waals surface area contributed by atoms with Crippen LogP contribution in [-0.4, -0.2) is 69.6 Å². The number of morpholine rings is 1. The van der Waals surface area contributed by atoms with E-state index in [0.717, 1.165) is 0 Å². The highest BCUT2D eigenvalue weighted by Gasteiger charge is 2.17. The minimum absolute atomic E-state index is 0.0217. The smallest absolute Gasteiger partial charge is 0.324 e. The van der Waals surface area contributed by atoms with Crippen molar-refractivity contribution in [1.29, 1.82) is 0 Å². The number of hydrogen-bond donors (Lipinski definition) is 5. The van der Waals surface area contributed by atoms with Gasteiger partial charge in [0.2, 0.25) is 5.91 Å². The number of hydrogen-bond acceptors (Lipinski definition) is 8. The fourth-order valence-corrected chi connectivity index (χ4v) is 4.64. The number of carbonyl (C=O) groups excluding carboxylic acids is 2. The Morgan fingerprint density at radius 2 is 1.77 bits per heavy atom. The molecule has 13 nitrogen and oxygen atoms in total. The molecule has 2 aromatic carbocycles. The van der Waals surface area contributed by atoms with E-state index in [0.29, 0.717) is 49.1 Å². The molecule has 0 saturated carbocycles. The number of nitrogens with one attached hydrogen (secondary N) is 4. The molecule has 43 heavy (non-hydrogen) atoms. The number of pyridine rings is 1. The van der Waals surface area contributed by atoms with Gasteiger partial charge >= 0.3 is 6.03 Å². The summed E-state index contributed by atoms with van der Waals surface area (Å²) in [6.45, 7) is 2.65. The number of ether oxygens (including phenoxy) is 2. The van der Waals surface area contributed by atoms with E-state index in [-0.39, 0.29) is 46.4 Å². The van der Waals surface area contributed by atoms with Gasteiger partial charge in [-0.2, -0.15) is 0 Å². The fraction of sp³-hybridized carbons (Fsp3) is 0.214. The summed E-state index contributed by atoms with van der Waals surface area (Å²) in [5.74, 6) is 0.829. The number of halogens is 2. The molecule has 0 aliphatic carbocycles. The van der Waals surface area contributed by atoms with Crippen molar-refractivity contribution >= 4 is 52.5 Å². The molecule has 4 aromatic rings. The van der Waals surface area contributed by atoms with Crippen LogP contribution in [0.4, 0.5) is 22.1 Å². The first-order valence-corrected chi connectivity index (χ1v) is 13.9. The Labute approximate surface area is 255 Å². The highest BCUT2D eigenvalue weighted by atomic mass is 35.5. The van der Waals surface area contributed by atoms with Crippen molar-refractivity contribution in [2.75, 3.05) is 48.8 Å². The maximum atomic E-state index is 12.8. The number of H-pyrrole nitrogens is 1. The van der Waals surface area contributed by atoms with Crippen LogP contribution in [0.3, 0.4) is 0 Å². The molecule has 1 fully saturated rings. The summed E-state index contributed by atoms with van der Waals surface area (Å²) < 4.78 is 12.6. The molecule has 5 rings (SSSR count). The Balaban J connectivity index is 1.22. The number of aliphatic hydroxyl groups is 1. The van der Waals surface area contributed by atoms with E-state index in [1.165, 1.54) is 29.1 Å². The molecule has 0 atom stereocenters. The minimum atomic E-state index is -0.682. The second kappa shape index (κ2) is 13.7. The van der Waals surface area contributed by atoms with Crippen LogP contribution < -0.4 is 26.2 Å². The third-order valence-electron chi connectivity index (χ3n) is 6.34. The number of aromatic nitrogens is 3. The summed E-state index contributed by atoms with van der Waals surface area (Å²) >= 11 is 12.9. The van der Waals surface area contributed by atoms with Crippen LogP contribution in [0.15, 0.2) is 65.6 Å². The van der Waals surface area contributed by atoms with E-state index in [9.17, 15) is 19.5 Å². The van der Waals surface area contributed by atoms with Gasteiger partial charge in [0.25, 0.3) is 5.56 Å². The first-order chi connectivity index (χ1) is 20.8. The number of rotatable bonds is 9. The Morgan fingerprint density at radius 3 is 2.51 bits per heavy atom. The van der Waals surface area contributed by atoms with Crippen molar-refractivity contribution in [2.45, 2.75) is 6.61 Å². The highest BCUT2D eigenvalue weighted by molar-refractivity contribution is 6.45. The second-order valence-corrected chi connectivity index (χ2v) is 10.2. The zero-order valence-corrected chi connectivity index (χ0v) is 24.1. The molecular formula is C28H27Cl2N7O6. The van der Waals surface area contributed by atoms with E-state index in [2.05, 4.69) is 26.0 Å². The van der Waals surface area contributed by atoms with Crippen molar-refractivity contribution in [3.8, 4) is 17.2 Å². The van der Waals surface area contributed by atoms with Crippen LogP contribution in [-0.2, 0) is 16.1 Å². The van der Waals surface area contributed by atoms with Gasteiger partial charge in [-0.1, -0.05) is 35.3 Å². The second-order valence-electron chi connectivity index (χ2n) is 9.40. The lowest BCUT2D eigenvalue weighted by Gasteiger charge is -2.25. The van der Waals surface area contributed by atoms with Crippen LogP contribution in [0.2, 0.25) is 10.0 Å². The SMILES string of the molecule is O=C(CN1CCOCC1)Nc1cc(Oc2ccc(NC(=O)Nc3cc(=O)[nH]n3-c3ccc(CO)cc3)c(Cl)c2Cl)ccn1. The van der Waals surface area contributed by atoms with Crippen LogP contribution in [0.5, 0.6) is 11.5 Å². The van der Waals surface area contributed by atoms with E-state index >= 15 is 0 Å². The summed E-state index contributed by atoms with van der Waals surface area (Å²) in [6, 6.07) is 13.5. The number of carbonyl (C=O) groups is 2. The minimum Gasteiger partial charge on any atom is -0.456 e. The number of amides is 3. The number of anilines is 3. The first-order valence-electron chi connectivity index (χ1n) is 13.1. The van der Waals surface area contributed by atoms with Gasteiger partial charge in [0.05, 0.1) is 42.8 Å². The van der Waals surface area contributed by atoms with Crippen LogP contribution in [0, 0.1) is 0 Å². The topological polar surface area (TPSA) is 163 Å². The number of aliphatic hydroxyl groups excluding tert-OH is 1. The van der Waals surface area contributed by atoms with E-state index < -0.39 is 11.6 Å². The zero-order valence-electron chi connectivity index (χ0n) is 22.6. The largest absolute Gasteiger partial charge is 0.456 e. The third-order valence-corrected chi connectivity index (χ3v) is 7.21. The summed E-state index contributed by atoms with van der Waals surface area (Å²) in [5.41, 5.74) is 1.02. The molecule has 224 valence electrons. The quantitative estimate of drug-likeness (QED) is 0.185. The number of aromatic amines is 1. The first kappa shape index (κ1) is 30.1. The Morgan fingerprint density at radius 1 is 1.00 bits per heavy atom. The van der Waals surface area contributed by atoms with Gasteiger partial charge in [0.1, 0.15) is 28.2 Å². The standard InChI is InChI=1S/C28H27Cl2N7O6/c29-26-20(32-28(41)34-23-14-24(39)35-37(23)18-3-1-17(16-38)2-4-18)5-6-21(27(26)30)43-19-7-8-31-22(13-19)33-25(40)15-36-9-11-42-12-10-36/h1-8,13-14,38H,9-12,15-16H2,(H,35,39)(H,31,33,40)(H2,32,34,41). The van der Waals surface area contributed by atoms with Gasteiger partial charge in [-0.15, -0.1) is 0 Å². The van der Waals surface area contributed by atoms with Gasteiger partial charge in [-0.05, 0) is 35.9 Å². The maximum absolute atomic E-state index is 12.8. The zero-order chi connectivity index (χ0) is 30.3. The summed E-state index contributed by atoms with van der Waals surface area (Å²) in [7, 11) is 0. The Kier molecular flexibility index (Phi) is 9.59. The van der Waals surface area contributed by atoms with E-state index in [4.69, 9.17) is 32.7 Å². The van der Waals surface area contributed by atoms with Crippen molar-refractivity contribution in [2.24, 2.45) is 0 Å². The lowest BCUT2D eigenvalue weighted by atomic mass is 10.2. The van der Waals surface area contributed by atoms with Crippen molar-refractivity contribution in [1.82, 2.24) is 19.7 Å². The van der Waals surface area contributed by atoms with Gasteiger partial charge in [0, 0.05) is 31.4 Å². The normalized spacial score (nSPS) is 13.4. The lowest BCUT2D eigenvalue weighted by Crippen LogP contribution is -2.41. The molecule has 0 bridgehead atoms. The fourth-order valence-electron chi connectivity index (χ4n) is 4.23. The average molecular weight is 628 g/mol. The molecule has 2 aromatic heterocycles. The highest BCUT2D eigenvalue weighted by Crippen LogP contribution is 2.39. The van der Waals surface area contributed by atoms with Gasteiger partial charge in [-0.3, -0.25) is 24.9 Å². The molecule has 1 saturated heterocycles. The molecule has 3 amide bonds. The lowest BCUT2D eigenvalue weighted by molar-refractivity contribution is -0.118. The average Bonchev–Trinajstić information content (AvgIpc) is 3.37. The molecule has 1 aliphatic rings. The molecular weight excluding hydrogens is 601 g/mol. The predicted molar refractivity (Wildman–Crippen MR) is 162 cm³/mol. The molecule has 0 spiro atoms. The van der Waals surface area contributed by atoms with E-state index in [1.807, 2.05) is 4.90 Å². The van der Waals surface area contributed by atoms with Gasteiger partial charge < -0.3 is 25.2 Å². The molecule has 15 heteroatoms. The summed E-state index contributed by atoms with van der Waals surface area (Å²) in [6.07, 6.45) is 1.48. The third kappa shape index (κ3) is 7.71. The van der Waals surface area contributed by atoms with E-state index in [1.54, 1.807) is 36.4 Å². The predicted octanol–water partition coefficient (Wildman–Crippen LogP) is 4.07. The monoisotopic (exact) mass is 627 g/mol. The number of benzene rings is 2. The molecule has 0 radical (unpaired) electrons. The summed E-state index contributed by atoms with van der Waals surface area (Å²) in [4.78, 5) is 43.4. The molecule has 3 heterocycles. The molecule has 5 N–H and O–H groups in total. The summed E-state index contributed by atoms with van der Waals surface area (Å²) in [5, 5.41) is 19.9. The van der Waals surface area contributed by atoms with Crippen LogP contribution in [0.25, 0.3) is 5.69 Å². The number of urea groups is 1. The van der Waals surface area contributed by atoms with Crippen LogP contribution >= 0.6 is 23.2 Å². The molecule has 1 aliphatic heterocycles. The van der Waals surface area contributed by atoms with Gasteiger partial charge in [0.15, 0.2) is 0 Å². The van der Waals surface area contributed by atoms with Crippen molar-refractivity contribution < 1.29 is 24.2 Å². The van der Waals surface area contributed by atoms with Crippen LogP contribution in [0.1, 0.15) is 5.56 Å². The van der Waals surface area contributed by atoms with Gasteiger partial charge in [-0.25, -0.2) is 14.5 Å². The Bertz CT molecular complexity index is 1670. The number of nitrogens with zero attached hydrogens (tertiary/aromatic N) is 3. The van der Waals surface area contributed by atoms with Crippen molar-refractivity contribution in [3.05, 3.63) is 86.8 Å². The maximum Gasteiger partial charge on any atom is 0.324 e. The molecule has 0 unspecified atom stereocenters. The Hall–Kier alpha value is -4.40. The van der Waals surface area contributed by atoms with Crippen molar-refractivity contribution in [3.63, 3.8) is 0 Å².